The quantitative estimate of drug-likeness (QED) is 0.592. The molecule has 0 spiro atoms. The fourth-order valence-corrected chi connectivity index (χ4v) is 4.04. The number of hydrogen-bond donors (Lipinski definition) is 1. The van der Waals surface area contributed by atoms with Crippen LogP contribution in [0.15, 0.2) is 36.4 Å². The molecule has 1 amide bonds. The minimum Gasteiger partial charge on any atom is -0.497 e. The molecule has 1 unspecified atom stereocenters. The van der Waals surface area contributed by atoms with Gasteiger partial charge in [-0.15, -0.1) is 0 Å². The summed E-state index contributed by atoms with van der Waals surface area (Å²) in [4.78, 5) is 12.4. The lowest BCUT2D eigenvalue weighted by Gasteiger charge is -2.23. The molecule has 1 atom stereocenters. The van der Waals surface area contributed by atoms with Crippen LogP contribution >= 0.6 is 0 Å². The van der Waals surface area contributed by atoms with Gasteiger partial charge in [0.1, 0.15) is 11.5 Å². The molecule has 2 aromatic rings. The first-order valence-corrected chi connectivity index (χ1v) is 11.4. The topological polar surface area (TPSA) is 84.9 Å². The SMILES string of the molecule is COc1ccc(OC)c(C(C)NC(=O)CCCN(c2ccc(F)c(F)c2)S(C)(=O)=O)c1. The minimum atomic E-state index is -3.75. The maximum Gasteiger partial charge on any atom is 0.232 e. The normalized spacial score (nSPS) is 12.2. The number of methoxy groups -OCH3 is 2. The summed E-state index contributed by atoms with van der Waals surface area (Å²) in [6.45, 7) is 1.73. The molecular formula is C21H26F2N2O5S. The van der Waals surface area contributed by atoms with Crippen molar-refractivity contribution in [2.45, 2.75) is 25.8 Å². The van der Waals surface area contributed by atoms with E-state index in [4.69, 9.17) is 9.47 Å². The number of nitrogens with one attached hydrogen (secondary N) is 1. The van der Waals surface area contributed by atoms with Gasteiger partial charge in [-0.3, -0.25) is 9.10 Å². The van der Waals surface area contributed by atoms with Crippen LogP contribution in [0.2, 0.25) is 0 Å². The van der Waals surface area contributed by atoms with Gasteiger partial charge in [-0.2, -0.15) is 0 Å². The average Bonchev–Trinajstić information content (AvgIpc) is 2.71. The molecule has 0 saturated heterocycles. The van der Waals surface area contributed by atoms with Crippen LogP contribution in [0.4, 0.5) is 14.5 Å². The fourth-order valence-electron chi connectivity index (χ4n) is 3.08. The standard InChI is InChI=1S/C21H26F2N2O5S/c1-14(17-13-16(29-2)8-10-20(17)30-3)24-21(26)6-5-11-25(31(4,27)28)15-7-9-18(22)19(23)12-15/h7-10,12-14H,5-6,11H2,1-4H3,(H,24,26). The van der Waals surface area contributed by atoms with Crippen LogP contribution in [0.5, 0.6) is 11.5 Å². The molecule has 0 aliphatic carbocycles. The fraction of sp³-hybridized carbons (Fsp3) is 0.381. The molecule has 0 aromatic heterocycles. The van der Waals surface area contributed by atoms with Crippen LogP contribution in [0.25, 0.3) is 0 Å². The number of rotatable bonds is 10. The van der Waals surface area contributed by atoms with Crippen molar-refractivity contribution >= 4 is 21.6 Å². The van der Waals surface area contributed by atoms with Gasteiger partial charge >= 0.3 is 0 Å². The Morgan fingerprint density at radius 2 is 1.81 bits per heavy atom. The first kappa shape index (κ1) is 24.4. The van der Waals surface area contributed by atoms with Crippen molar-refractivity contribution in [3.05, 3.63) is 53.6 Å². The summed E-state index contributed by atoms with van der Waals surface area (Å²) in [5.41, 5.74) is 0.728. The lowest BCUT2D eigenvalue weighted by Crippen LogP contribution is -2.32. The zero-order chi connectivity index (χ0) is 23.2. The Balaban J connectivity index is 2.02. The highest BCUT2D eigenvalue weighted by Gasteiger charge is 2.20. The third kappa shape index (κ3) is 6.55. The molecule has 2 aromatic carbocycles. The predicted molar refractivity (Wildman–Crippen MR) is 114 cm³/mol. The smallest absolute Gasteiger partial charge is 0.232 e. The molecule has 7 nitrogen and oxygen atoms in total. The van der Waals surface area contributed by atoms with Crippen LogP contribution in [0, 0.1) is 11.6 Å². The second-order valence-corrected chi connectivity index (χ2v) is 8.84. The third-order valence-electron chi connectivity index (χ3n) is 4.64. The van der Waals surface area contributed by atoms with Crippen molar-refractivity contribution in [1.82, 2.24) is 5.32 Å². The van der Waals surface area contributed by atoms with Gasteiger partial charge in [-0.1, -0.05) is 0 Å². The molecule has 10 heteroatoms. The van der Waals surface area contributed by atoms with E-state index in [9.17, 15) is 22.0 Å². The van der Waals surface area contributed by atoms with E-state index in [2.05, 4.69) is 5.32 Å². The Bertz CT molecular complexity index is 1030. The van der Waals surface area contributed by atoms with Crippen LogP contribution in [0.3, 0.4) is 0 Å². The Kier molecular flexibility index (Phi) is 8.21. The van der Waals surface area contributed by atoms with E-state index >= 15 is 0 Å². The Morgan fingerprint density at radius 3 is 2.39 bits per heavy atom. The van der Waals surface area contributed by atoms with Gasteiger partial charge in [0.25, 0.3) is 0 Å². The number of carbonyl (C=O) groups excluding carboxylic acids is 1. The van der Waals surface area contributed by atoms with Crippen LogP contribution < -0.4 is 19.1 Å². The highest BCUT2D eigenvalue weighted by atomic mass is 32.2. The lowest BCUT2D eigenvalue weighted by atomic mass is 10.1. The molecule has 0 aliphatic heterocycles. The van der Waals surface area contributed by atoms with Gasteiger partial charge in [0.05, 0.1) is 32.2 Å². The average molecular weight is 457 g/mol. The van der Waals surface area contributed by atoms with Gasteiger partial charge in [-0.05, 0) is 43.7 Å². The minimum absolute atomic E-state index is 0.00343. The number of amides is 1. The first-order chi connectivity index (χ1) is 14.6. The maximum absolute atomic E-state index is 13.5. The van der Waals surface area contributed by atoms with Gasteiger partial charge in [0.15, 0.2) is 11.6 Å². The molecule has 0 radical (unpaired) electrons. The van der Waals surface area contributed by atoms with E-state index in [0.717, 1.165) is 28.3 Å². The summed E-state index contributed by atoms with van der Waals surface area (Å²) in [5.74, 6) is -1.30. The first-order valence-electron chi connectivity index (χ1n) is 9.51. The zero-order valence-corrected chi connectivity index (χ0v) is 18.6. The van der Waals surface area contributed by atoms with Crippen molar-refractivity contribution in [1.29, 1.82) is 0 Å². The second-order valence-electron chi connectivity index (χ2n) is 6.93. The molecule has 170 valence electrons. The van der Waals surface area contributed by atoms with E-state index in [1.54, 1.807) is 25.1 Å². The maximum atomic E-state index is 13.5. The van der Waals surface area contributed by atoms with E-state index in [0.29, 0.717) is 11.5 Å². The molecule has 0 fully saturated rings. The van der Waals surface area contributed by atoms with Crippen LogP contribution in [0.1, 0.15) is 31.4 Å². The van der Waals surface area contributed by atoms with Gasteiger partial charge in [0.2, 0.25) is 15.9 Å². The number of benzene rings is 2. The zero-order valence-electron chi connectivity index (χ0n) is 17.8. The number of hydrogen-bond acceptors (Lipinski definition) is 5. The largest absolute Gasteiger partial charge is 0.497 e. The van der Waals surface area contributed by atoms with E-state index < -0.39 is 21.7 Å². The van der Waals surface area contributed by atoms with Crippen LogP contribution in [-0.2, 0) is 14.8 Å². The van der Waals surface area contributed by atoms with Crippen molar-refractivity contribution < 1.29 is 31.5 Å². The summed E-state index contributed by atoms with van der Waals surface area (Å²) < 4.78 is 62.3. The monoisotopic (exact) mass is 456 g/mol. The highest BCUT2D eigenvalue weighted by Crippen LogP contribution is 2.29. The number of nitrogens with zero attached hydrogens (tertiary/aromatic N) is 1. The lowest BCUT2D eigenvalue weighted by molar-refractivity contribution is -0.121. The number of ether oxygens (including phenoxy) is 2. The molecular weight excluding hydrogens is 430 g/mol. The van der Waals surface area contributed by atoms with Crippen LogP contribution in [-0.4, -0.2) is 41.3 Å². The molecule has 31 heavy (non-hydrogen) atoms. The summed E-state index contributed by atoms with van der Waals surface area (Å²) in [5, 5.41) is 2.84. The molecule has 1 N–H and O–H groups in total. The summed E-state index contributed by atoms with van der Waals surface area (Å²) in [6.07, 6.45) is 1.18. The van der Waals surface area contributed by atoms with Crippen molar-refractivity contribution in [2.24, 2.45) is 0 Å². The molecule has 0 saturated carbocycles. The number of sulfonamides is 1. The number of halogens is 2. The van der Waals surface area contributed by atoms with Crippen molar-refractivity contribution in [3.63, 3.8) is 0 Å². The number of carbonyl (C=O) groups is 1. The van der Waals surface area contributed by atoms with Crippen molar-refractivity contribution in [2.75, 3.05) is 31.3 Å². The number of anilines is 1. The Morgan fingerprint density at radius 1 is 1.10 bits per heavy atom. The van der Waals surface area contributed by atoms with E-state index in [1.165, 1.54) is 20.3 Å². The molecule has 0 bridgehead atoms. The highest BCUT2D eigenvalue weighted by molar-refractivity contribution is 7.92. The summed E-state index contributed by atoms with van der Waals surface area (Å²) in [7, 11) is -0.683. The van der Waals surface area contributed by atoms with E-state index in [-0.39, 0.29) is 37.0 Å². The van der Waals surface area contributed by atoms with Gasteiger partial charge in [0, 0.05) is 24.6 Å². The van der Waals surface area contributed by atoms with Crippen molar-refractivity contribution in [3.8, 4) is 11.5 Å². The molecule has 2 rings (SSSR count). The Hall–Kier alpha value is -2.88. The third-order valence-corrected chi connectivity index (χ3v) is 5.83. The molecule has 0 heterocycles. The second kappa shape index (κ2) is 10.4. The van der Waals surface area contributed by atoms with Gasteiger partial charge in [-0.25, -0.2) is 17.2 Å². The van der Waals surface area contributed by atoms with E-state index in [1.807, 2.05) is 0 Å². The summed E-state index contributed by atoms with van der Waals surface area (Å²) in [6, 6.07) is 7.72. The van der Waals surface area contributed by atoms with Gasteiger partial charge < -0.3 is 14.8 Å². The molecule has 0 aliphatic rings. The predicted octanol–water partition coefficient (Wildman–Crippen LogP) is 3.41. The summed E-state index contributed by atoms with van der Waals surface area (Å²) >= 11 is 0. The Labute approximate surface area is 181 Å².